The molecular formula is C9H7ClFN3. The smallest absolute Gasteiger partial charge is 0.229 e. The van der Waals surface area contributed by atoms with Gasteiger partial charge in [0.1, 0.15) is 12.1 Å². The highest BCUT2D eigenvalue weighted by atomic mass is 35.5. The topological polar surface area (TPSA) is 30.7 Å². The van der Waals surface area contributed by atoms with Gasteiger partial charge >= 0.3 is 0 Å². The van der Waals surface area contributed by atoms with Gasteiger partial charge in [-0.2, -0.15) is 0 Å². The lowest BCUT2D eigenvalue weighted by Crippen LogP contribution is -1.97. The molecule has 0 unspecified atom stereocenters. The fraction of sp³-hybridized carbons (Fsp3) is 0.111. The van der Waals surface area contributed by atoms with Crippen LogP contribution in [-0.4, -0.2) is 14.8 Å². The van der Waals surface area contributed by atoms with Crippen LogP contribution in [0.15, 0.2) is 24.5 Å². The third-order valence-corrected chi connectivity index (χ3v) is 2.26. The van der Waals surface area contributed by atoms with E-state index in [1.807, 2.05) is 0 Å². The lowest BCUT2D eigenvalue weighted by molar-refractivity contribution is 0.617. The number of halogens is 2. The van der Waals surface area contributed by atoms with E-state index in [4.69, 9.17) is 11.6 Å². The first-order valence-electron chi connectivity index (χ1n) is 4.01. The summed E-state index contributed by atoms with van der Waals surface area (Å²) in [6.07, 6.45) is 1.45. The normalized spacial score (nSPS) is 10.5. The SMILES string of the molecule is Cc1c(F)cccc1-n1cnnc1Cl. The molecule has 2 rings (SSSR count). The first kappa shape index (κ1) is 9.15. The Hall–Kier alpha value is -1.42. The fourth-order valence-corrected chi connectivity index (χ4v) is 1.42. The van der Waals surface area contributed by atoms with Crippen LogP contribution in [0.25, 0.3) is 5.69 Å². The summed E-state index contributed by atoms with van der Waals surface area (Å²) in [6, 6.07) is 4.78. The molecule has 5 heteroatoms. The van der Waals surface area contributed by atoms with Crippen molar-refractivity contribution in [3.63, 3.8) is 0 Å². The van der Waals surface area contributed by atoms with Crippen molar-refractivity contribution < 1.29 is 4.39 Å². The van der Waals surface area contributed by atoms with Crippen LogP contribution < -0.4 is 0 Å². The summed E-state index contributed by atoms with van der Waals surface area (Å²) in [4.78, 5) is 0. The molecule has 0 fully saturated rings. The molecule has 0 aliphatic rings. The van der Waals surface area contributed by atoms with Crippen molar-refractivity contribution >= 4 is 11.6 Å². The molecule has 1 aromatic heterocycles. The minimum atomic E-state index is -0.271. The lowest BCUT2D eigenvalue weighted by atomic mass is 10.2. The van der Waals surface area contributed by atoms with Gasteiger partial charge in [-0.05, 0) is 30.7 Å². The highest BCUT2D eigenvalue weighted by Gasteiger charge is 2.08. The summed E-state index contributed by atoms with van der Waals surface area (Å²) in [5, 5.41) is 7.47. The van der Waals surface area contributed by atoms with Crippen LogP contribution in [-0.2, 0) is 0 Å². The number of nitrogens with zero attached hydrogens (tertiary/aromatic N) is 3. The van der Waals surface area contributed by atoms with Crippen LogP contribution >= 0.6 is 11.6 Å². The van der Waals surface area contributed by atoms with Gasteiger partial charge in [0.15, 0.2) is 0 Å². The van der Waals surface area contributed by atoms with E-state index in [1.165, 1.54) is 17.0 Å². The molecule has 0 radical (unpaired) electrons. The maximum absolute atomic E-state index is 13.2. The summed E-state index contributed by atoms with van der Waals surface area (Å²) in [5.41, 5.74) is 1.18. The minimum absolute atomic E-state index is 0.221. The summed E-state index contributed by atoms with van der Waals surface area (Å²) in [6.45, 7) is 1.68. The summed E-state index contributed by atoms with van der Waals surface area (Å²) >= 11 is 5.77. The van der Waals surface area contributed by atoms with Crippen LogP contribution in [0.2, 0.25) is 5.28 Å². The largest absolute Gasteiger partial charge is 0.272 e. The quantitative estimate of drug-likeness (QED) is 0.725. The minimum Gasteiger partial charge on any atom is -0.272 e. The van der Waals surface area contributed by atoms with E-state index in [0.29, 0.717) is 11.3 Å². The second-order valence-electron chi connectivity index (χ2n) is 2.85. The first-order valence-corrected chi connectivity index (χ1v) is 4.39. The van der Waals surface area contributed by atoms with Gasteiger partial charge in [0.2, 0.25) is 5.28 Å². The molecule has 0 spiro atoms. The van der Waals surface area contributed by atoms with Crippen LogP contribution in [0.4, 0.5) is 4.39 Å². The van der Waals surface area contributed by atoms with Crippen molar-refractivity contribution in [1.82, 2.24) is 14.8 Å². The fourth-order valence-electron chi connectivity index (χ4n) is 1.24. The van der Waals surface area contributed by atoms with Gasteiger partial charge in [-0.3, -0.25) is 4.57 Å². The van der Waals surface area contributed by atoms with Gasteiger partial charge in [-0.1, -0.05) is 6.07 Å². The molecular weight excluding hydrogens is 205 g/mol. The molecule has 1 aromatic carbocycles. The molecule has 1 heterocycles. The second kappa shape index (κ2) is 3.38. The zero-order valence-corrected chi connectivity index (χ0v) is 8.16. The van der Waals surface area contributed by atoms with Gasteiger partial charge < -0.3 is 0 Å². The van der Waals surface area contributed by atoms with Crippen LogP contribution in [0, 0.1) is 12.7 Å². The summed E-state index contributed by atoms with van der Waals surface area (Å²) < 4.78 is 14.7. The van der Waals surface area contributed by atoms with E-state index in [0.717, 1.165) is 0 Å². The van der Waals surface area contributed by atoms with Crippen molar-refractivity contribution in [2.45, 2.75) is 6.92 Å². The number of hydrogen-bond acceptors (Lipinski definition) is 2. The van der Waals surface area contributed by atoms with Gasteiger partial charge in [0, 0.05) is 5.56 Å². The number of benzene rings is 1. The van der Waals surface area contributed by atoms with E-state index < -0.39 is 0 Å². The number of aromatic nitrogens is 3. The Kier molecular flexibility index (Phi) is 2.21. The highest BCUT2D eigenvalue weighted by Crippen LogP contribution is 2.19. The third-order valence-electron chi connectivity index (χ3n) is 2.00. The van der Waals surface area contributed by atoms with Gasteiger partial charge in [0.25, 0.3) is 0 Å². The van der Waals surface area contributed by atoms with Crippen molar-refractivity contribution in [3.05, 3.63) is 41.2 Å². The van der Waals surface area contributed by atoms with Crippen molar-refractivity contribution in [3.8, 4) is 5.69 Å². The van der Waals surface area contributed by atoms with E-state index in [9.17, 15) is 4.39 Å². The predicted molar refractivity (Wildman–Crippen MR) is 51.1 cm³/mol. The zero-order chi connectivity index (χ0) is 10.1. The standard InChI is InChI=1S/C9H7ClFN3/c1-6-7(11)3-2-4-8(6)14-5-12-13-9(14)10/h2-5H,1H3. The summed E-state index contributed by atoms with van der Waals surface area (Å²) in [5.74, 6) is -0.271. The van der Waals surface area contributed by atoms with Crippen LogP contribution in [0.3, 0.4) is 0 Å². The van der Waals surface area contributed by atoms with Crippen LogP contribution in [0.5, 0.6) is 0 Å². The Morgan fingerprint density at radius 1 is 1.43 bits per heavy atom. The Balaban J connectivity index is 2.63. The highest BCUT2D eigenvalue weighted by molar-refractivity contribution is 6.28. The Morgan fingerprint density at radius 2 is 2.21 bits per heavy atom. The lowest BCUT2D eigenvalue weighted by Gasteiger charge is -2.06. The Labute approximate surface area is 85.1 Å². The second-order valence-corrected chi connectivity index (χ2v) is 3.19. The predicted octanol–water partition coefficient (Wildman–Crippen LogP) is 2.37. The molecule has 0 N–H and O–H groups in total. The molecule has 0 aliphatic heterocycles. The van der Waals surface area contributed by atoms with Crippen molar-refractivity contribution in [1.29, 1.82) is 0 Å². The van der Waals surface area contributed by atoms with E-state index >= 15 is 0 Å². The Morgan fingerprint density at radius 3 is 2.86 bits per heavy atom. The Bertz CT molecular complexity index is 467. The molecule has 0 bridgehead atoms. The zero-order valence-electron chi connectivity index (χ0n) is 7.41. The monoisotopic (exact) mass is 211 g/mol. The molecule has 0 saturated heterocycles. The molecule has 0 amide bonds. The van der Waals surface area contributed by atoms with Gasteiger partial charge in [0.05, 0.1) is 5.69 Å². The molecule has 0 saturated carbocycles. The number of rotatable bonds is 1. The average Bonchev–Trinajstić information content (AvgIpc) is 2.57. The summed E-state index contributed by atoms with van der Waals surface area (Å²) in [7, 11) is 0. The molecule has 72 valence electrons. The van der Waals surface area contributed by atoms with Gasteiger partial charge in [-0.25, -0.2) is 4.39 Å². The molecule has 3 nitrogen and oxygen atoms in total. The van der Waals surface area contributed by atoms with E-state index in [-0.39, 0.29) is 11.1 Å². The molecule has 0 aliphatic carbocycles. The van der Waals surface area contributed by atoms with E-state index in [2.05, 4.69) is 10.2 Å². The molecule has 14 heavy (non-hydrogen) atoms. The third kappa shape index (κ3) is 1.37. The average molecular weight is 212 g/mol. The molecule has 0 atom stereocenters. The number of hydrogen-bond donors (Lipinski definition) is 0. The van der Waals surface area contributed by atoms with E-state index in [1.54, 1.807) is 19.1 Å². The maximum Gasteiger partial charge on any atom is 0.229 e. The van der Waals surface area contributed by atoms with Crippen LogP contribution in [0.1, 0.15) is 5.56 Å². The first-order chi connectivity index (χ1) is 6.70. The van der Waals surface area contributed by atoms with Gasteiger partial charge in [-0.15, -0.1) is 10.2 Å². The maximum atomic E-state index is 13.2. The van der Waals surface area contributed by atoms with Crippen molar-refractivity contribution in [2.24, 2.45) is 0 Å². The van der Waals surface area contributed by atoms with Crippen molar-refractivity contribution in [2.75, 3.05) is 0 Å². The molecule has 2 aromatic rings.